The first-order valence-corrected chi connectivity index (χ1v) is 7.76. The monoisotopic (exact) mass is 290 g/mol. The molecular formula is C17H26N2O2. The summed E-state index contributed by atoms with van der Waals surface area (Å²) in [6.07, 6.45) is 2.04. The van der Waals surface area contributed by atoms with Gasteiger partial charge in [-0.2, -0.15) is 0 Å². The molecule has 0 aliphatic carbocycles. The van der Waals surface area contributed by atoms with E-state index in [4.69, 9.17) is 4.74 Å². The summed E-state index contributed by atoms with van der Waals surface area (Å²) in [5.74, 6) is 1.30. The molecule has 0 atom stereocenters. The Morgan fingerprint density at radius 2 is 2.00 bits per heavy atom. The number of benzene rings is 1. The molecule has 4 heteroatoms. The summed E-state index contributed by atoms with van der Waals surface area (Å²) < 4.78 is 5.37. The number of ether oxygens (including phenoxy) is 1. The smallest absolute Gasteiger partial charge is 0.225 e. The van der Waals surface area contributed by atoms with Crippen LogP contribution in [0.25, 0.3) is 0 Å². The van der Waals surface area contributed by atoms with Crippen molar-refractivity contribution in [2.45, 2.75) is 39.3 Å². The zero-order chi connectivity index (χ0) is 15.2. The van der Waals surface area contributed by atoms with Crippen LogP contribution in [0.1, 0.15) is 32.3 Å². The highest BCUT2D eigenvalue weighted by molar-refractivity contribution is 5.78. The largest absolute Gasteiger partial charge is 0.496 e. The van der Waals surface area contributed by atoms with Gasteiger partial charge in [0.25, 0.3) is 0 Å². The van der Waals surface area contributed by atoms with Gasteiger partial charge in [0.05, 0.1) is 7.11 Å². The number of carbonyl (C=O) groups excluding carboxylic acids is 1. The minimum Gasteiger partial charge on any atom is -0.496 e. The van der Waals surface area contributed by atoms with Crippen LogP contribution in [0.5, 0.6) is 5.75 Å². The third-order valence-electron chi connectivity index (χ3n) is 4.07. The number of carbonyl (C=O) groups is 1. The van der Waals surface area contributed by atoms with Gasteiger partial charge in [0.2, 0.25) is 5.91 Å². The number of hydrogen-bond acceptors (Lipinski definition) is 3. The van der Waals surface area contributed by atoms with Crippen LogP contribution < -0.4 is 10.1 Å². The molecule has 0 unspecified atom stereocenters. The van der Waals surface area contributed by atoms with Crippen LogP contribution in [0.2, 0.25) is 0 Å². The first kappa shape index (κ1) is 15.8. The molecule has 1 N–H and O–H groups in total. The third-order valence-corrected chi connectivity index (χ3v) is 4.07. The van der Waals surface area contributed by atoms with E-state index in [0.717, 1.165) is 38.2 Å². The number of methoxy groups -OCH3 is 1. The Kier molecular flexibility index (Phi) is 5.62. The lowest BCUT2D eigenvalue weighted by Crippen LogP contribution is -2.46. The van der Waals surface area contributed by atoms with Crippen molar-refractivity contribution in [3.63, 3.8) is 0 Å². The zero-order valence-corrected chi connectivity index (χ0v) is 13.3. The summed E-state index contributed by atoms with van der Waals surface area (Å²) in [5, 5.41) is 3.58. The molecule has 1 fully saturated rings. The van der Waals surface area contributed by atoms with E-state index >= 15 is 0 Å². The van der Waals surface area contributed by atoms with Gasteiger partial charge in [-0.05, 0) is 18.9 Å². The lowest BCUT2D eigenvalue weighted by atomic mass is 10.0. The normalized spacial score (nSPS) is 16.3. The van der Waals surface area contributed by atoms with Gasteiger partial charge in [0.1, 0.15) is 5.75 Å². The predicted molar refractivity (Wildman–Crippen MR) is 84.3 cm³/mol. The van der Waals surface area contributed by atoms with Crippen LogP contribution in [0.3, 0.4) is 0 Å². The Balaban J connectivity index is 1.80. The lowest BCUT2D eigenvalue weighted by molar-refractivity contribution is -0.135. The number of amides is 1. The average Bonchev–Trinajstić information content (AvgIpc) is 2.52. The molecular weight excluding hydrogens is 264 g/mol. The number of nitrogens with one attached hydrogen (secondary N) is 1. The van der Waals surface area contributed by atoms with Gasteiger partial charge in [-0.25, -0.2) is 0 Å². The molecule has 1 aliphatic heterocycles. The molecule has 2 rings (SSSR count). The number of piperidine rings is 1. The Hall–Kier alpha value is -1.55. The van der Waals surface area contributed by atoms with Crippen LogP contribution in [-0.2, 0) is 11.3 Å². The Labute approximate surface area is 127 Å². The van der Waals surface area contributed by atoms with E-state index < -0.39 is 0 Å². The highest BCUT2D eigenvalue weighted by Crippen LogP contribution is 2.18. The average molecular weight is 290 g/mol. The molecule has 1 saturated heterocycles. The van der Waals surface area contributed by atoms with Crippen LogP contribution >= 0.6 is 0 Å². The minimum atomic E-state index is 0.100. The molecule has 0 aromatic heterocycles. The molecule has 1 amide bonds. The van der Waals surface area contributed by atoms with Crippen LogP contribution in [-0.4, -0.2) is 37.0 Å². The molecule has 1 aromatic carbocycles. The van der Waals surface area contributed by atoms with Crippen molar-refractivity contribution >= 4 is 5.91 Å². The summed E-state index contributed by atoms with van der Waals surface area (Å²) >= 11 is 0. The fourth-order valence-corrected chi connectivity index (χ4v) is 2.77. The first-order valence-electron chi connectivity index (χ1n) is 7.76. The van der Waals surface area contributed by atoms with E-state index in [1.807, 2.05) is 36.9 Å². The van der Waals surface area contributed by atoms with E-state index in [9.17, 15) is 4.79 Å². The van der Waals surface area contributed by atoms with Crippen LogP contribution in [0, 0.1) is 5.92 Å². The molecule has 0 saturated carbocycles. The van der Waals surface area contributed by atoms with Crippen molar-refractivity contribution in [2.75, 3.05) is 20.2 Å². The van der Waals surface area contributed by atoms with Crippen molar-refractivity contribution in [1.82, 2.24) is 10.2 Å². The van der Waals surface area contributed by atoms with Crippen molar-refractivity contribution in [3.8, 4) is 5.75 Å². The second-order valence-corrected chi connectivity index (χ2v) is 5.95. The molecule has 4 nitrogen and oxygen atoms in total. The van der Waals surface area contributed by atoms with Gasteiger partial charge in [0, 0.05) is 37.2 Å². The summed E-state index contributed by atoms with van der Waals surface area (Å²) in [6.45, 7) is 6.47. The maximum atomic E-state index is 12.0. The molecule has 1 aromatic rings. The van der Waals surface area contributed by atoms with Crippen molar-refractivity contribution in [3.05, 3.63) is 29.8 Å². The lowest BCUT2D eigenvalue weighted by Gasteiger charge is -2.33. The number of nitrogens with zero attached hydrogens (tertiary/aromatic N) is 1. The minimum absolute atomic E-state index is 0.100. The second-order valence-electron chi connectivity index (χ2n) is 5.95. The van der Waals surface area contributed by atoms with E-state index in [0.29, 0.717) is 6.04 Å². The molecule has 1 aliphatic rings. The fraction of sp³-hybridized carbons (Fsp3) is 0.588. The Morgan fingerprint density at radius 1 is 1.33 bits per heavy atom. The summed E-state index contributed by atoms with van der Waals surface area (Å²) in [4.78, 5) is 13.9. The number of hydrogen-bond donors (Lipinski definition) is 1. The summed E-state index contributed by atoms with van der Waals surface area (Å²) in [7, 11) is 1.70. The van der Waals surface area contributed by atoms with E-state index in [2.05, 4.69) is 11.4 Å². The summed E-state index contributed by atoms with van der Waals surface area (Å²) in [5.41, 5.74) is 1.18. The van der Waals surface area contributed by atoms with Gasteiger partial charge in [-0.15, -0.1) is 0 Å². The first-order chi connectivity index (χ1) is 10.1. The second kappa shape index (κ2) is 7.46. The van der Waals surface area contributed by atoms with Gasteiger partial charge >= 0.3 is 0 Å². The molecule has 116 valence electrons. The topological polar surface area (TPSA) is 41.6 Å². The molecule has 0 radical (unpaired) electrons. The number of rotatable bonds is 5. The molecule has 0 bridgehead atoms. The van der Waals surface area contributed by atoms with Gasteiger partial charge in [-0.1, -0.05) is 32.0 Å². The van der Waals surface area contributed by atoms with Gasteiger partial charge in [-0.3, -0.25) is 4.79 Å². The van der Waals surface area contributed by atoms with Gasteiger partial charge < -0.3 is 15.0 Å². The number of para-hydroxylation sites is 1. The fourth-order valence-electron chi connectivity index (χ4n) is 2.77. The predicted octanol–water partition coefficient (Wildman–Crippen LogP) is 2.43. The molecule has 21 heavy (non-hydrogen) atoms. The SMILES string of the molecule is COc1ccccc1CNC1CCN(C(=O)C(C)C)CC1. The third kappa shape index (κ3) is 4.21. The van der Waals surface area contributed by atoms with Gasteiger partial charge in [0.15, 0.2) is 0 Å². The summed E-state index contributed by atoms with van der Waals surface area (Å²) in [6, 6.07) is 8.57. The highest BCUT2D eigenvalue weighted by Gasteiger charge is 2.23. The molecule has 0 spiro atoms. The van der Waals surface area contributed by atoms with Crippen LogP contribution in [0.15, 0.2) is 24.3 Å². The maximum absolute atomic E-state index is 12.0. The maximum Gasteiger partial charge on any atom is 0.225 e. The Bertz CT molecular complexity index is 466. The van der Waals surface area contributed by atoms with E-state index in [-0.39, 0.29) is 11.8 Å². The quantitative estimate of drug-likeness (QED) is 0.905. The standard InChI is InChI=1S/C17H26N2O2/c1-13(2)17(20)19-10-8-15(9-11-19)18-12-14-6-4-5-7-16(14)21-3/h4-7,13,15,18H,8-12H2,1-3H3. The van der Waals surface area contributed by atoms with Crippen LogP contribution in [0.4, 0.5) is 0 Å². The van der Waals surface area contributed by atoms with Crippen molar-refractivity contribution in [1.29, 1.82) is 0 Å². The highest BCUT2D eigenvalue weighted by atomic mass is 16.5. The van der Waals surface area contributed by atoms with E-state index in [1.165, 1.54) is 5.56 Å². The number of likely N-dealkylation sites (tertiary alicyclic amines) is 1. The zero-order valence-electron chi connectivity index (χ0n) is 13.3. The van der Waals surface area contributed by atoms with Crippen molar-refractivity contribution in [2.24, 2.45) is 5.92 Å². The molecule has 1 heterocycles. The Morgan fingerprint density at radius 3 is 2.62 bits per heavy atom. The van der Waals surface area contributed by atoms with E-state index in [1.54, 1.807) is 7.11 Å². The van der Waals surface area contributed by atoms with Crippen molar-refractivity contribution < 1.29 is 9.53 Å².